The first-order chi connectivity index (χ1) is 13.9. The van der Waals surface area contributed by atoms with Gasteiger partial charge < -0.3 is 24.8 Å². The highest BCUT2D eigenvalue weighted by Gasteiger charge is 2.12. The highest BCUT2D eigenvalue weighted by Crippen LogP contribution is 2.29. The van der Waals surface area contributed by atoms with E-state index in [9.17, 15) is 13.2 Å². The van der Waals surface area contributed by atoms with Gasteiger partial charge in [-0.3, -0.25) is 4.99 Å². The van der Waals surface area contributed by atoms with Crippen molar-refractivity contribution in [1.29, 1.82) is 0 Å². The van der Waals surface area contributed by atoms with E-state index in [0.717, 1.165) is 0 Å². The normalized spacial score (nSPS) is 12.0. The molecule has 0 spiro atoms. The molecule has 0 radical (unpaired) electrons. The number of benzene rings is 2. The molecule has 0 aliphatic carbocycles. The van der Waals surface area contributed by atoms with Crippen LogP contribution >= 0.6 is 24.0 Å². The van der Waals surface area contributed by atoms with Crippen LogP contribution < -0.4 is 24.8 Å². The highest BCUT2D eigenvalue weighted by atomic mass is 127. The van der Waals surface area contributed by atoms with E-state index in [-0.39, 0.29) is 47.3 Å². The van der Waals surface area contributed by atoms with Crippen LogP contribution in [0.3, 0.4) is 0 Å². The lowest BCUT2D eigenvalue weighted by atomic mass is 10.2. The molecule has 6 nitrogen and oxygen atoms in total. The van der Waals surface area contributed by atoms with Crippen molar-refractivity contribution >= 4 is 29.9 Å². The topological polar surface area (TPSA) is 64.1 Å². The van der Waals surface area contributed by atoms with Crippen LogP contribution in [0.4, 0.5) is 13.2 Å². The second-order valence-electron chi connectivity index (χ2n) is 6.03. The maximum Gasteiger partial charge on any atom is 0.387 e. The zero-order valence-corrected chi connectivity index (χ0v) is 19.2. The third-order valence-electron chi connectivity index (χ3n) is 3.85. The summed E-state index contributed by atoms with van der Waals surface area (Å²) in [5.74, 6) is 0.395. The summed E-state index contributed by atoms with van der Waals surface area (Å²) in [7, 11) is 2.97. The van der Waals surface area contributed by atoms with E-state index in [1.165, 1.54) is 19.2 Å². The molecule has 0 heterocycles. The molecule has 0 aliphatic rings. The molecule has 2 aromatic rings. The fourth-order valence-corrected chi connectivity index (χ4v) is 2.46. The van der Waals surface area contributed by atoms with Gasteiger partial charge in [0.05, 0.1) is 13.7 Å². The highest BCUT2D eigenvalue weighted by molar-refractivity contribution is 14.0. The second-order valence-corrected chi connectivity index (χ2v) is 6.03. The maximum atomic E-state index is 13.6. The van der Waals surface area contributed by atoms with Gasteiger partial charge in [0.25, 0.3) is 0 Å². The Hall–Kier alpha value is -2.37. The average molecular weight is 539 g/mol. The minimum atomic E-state index is -2.95. The molecule has 0 aromatic heterocycles. The number of hydrogen-bond acceptors (Lipinski definition) is 4. The number of halogens is 4. The van der Waals surface area contributed by atoms with Gasteiger partial charge in [-0.05, 0) is 36.8 Å². The third-order valence-corrected chi connectivity index (χ3v) is 3.85. The minimum absolute atomic E-state index is 0. The van der Waals surface area contributed by atoms with Crippen LogP contribution in [0.25, 0.3) is 0 Å². The van der Waals surface area contributed by atoms with Crippen LogP contribution in [0.2, 0.25) is 0 Å². The smallest absolute Gasteiger partial charge is 0.387 e. The SMILES string of the molecule is CN=C(NCc1ccc(OC)c(OC(F)F)c1)NCC(C)Oc1ccccc1F.I. The number of para-hydroxylation sites is 1. The first kappa shape index (κ1) is 25.7. The van der Waals surface area contributed by atoms with Gasteiger partial charge in [0.1, 0.15) is 6.10 Å². The Morgan fingerprint density at radius 3 is 2.40 bits per heavy atom. The van der Waals surface area contributed by atoms with Gasteiger partial charge in [-0.2, -0.15) is 8.78 Å². The van der Waals surface area contributed by atoms with E-state index >= 15 is 0 Å². The Morgan fingerprint density at radius 2 is 1.77 bits per heavy atom. The standard InChI is InChI=1S/C20H24F3N3O3.HI/c1-13(28-16-7-5-4-6-15(16)21)11-25-20(24-2)26-12-14-8-9-17(27-3)18(10-14)29-19(22)23;/h4-10,13,19H,11-12H2,1-3H3,(H2,24,25,26);1H. The first-order valence-electron chi connectivity index (χ1n) is 8.90. The van der Waals surface area contributed by atoms with Crippen LogP contribution in [0, 0.1) is 5.82 Å². The molecule has 0 aliphatic heterocycles. The quantitative estimate of drug-likeness (QED) is 0.285. The summed E-state index contributed by atoms with van der Waals surface area (Å²) >= 11 is 0. The molecule has 0 bridgehead atoms. The number of ether oxygens (including phenoxy) is 3. The van der Waals surface area contributed by atoms with Crippen LogP contribution in [0.15, 0.2) is 47.5 Å². The Kier molecular flexibility index (Phi) is 11.2. The lowest BCUT2D eigenvalue weighted by Crippen LogP contribution is -2.41. The van der Waals surface area contributed by atoms with Crippen LogP contribution in [-0.2, 0) is 6.54 Å². The number of hydrogen-bond donors (Lipinski definition) is 2. The summed E-state index contributed by atoms with van der Waals surface area (Å²) in [6, 6.07) is 10.9. The maximum absolute atomic E-state index is 13.6. The van der Waals surface area contributed by atoms with Gasteiger partial charge in [0.2, 0.25) is 0 Å². The fraction of sp³-hybridized carbons (Fsp3) is 0.350. The zero-order chi connectivity index (χ0) is 21.2. The molecule has 1 atom stereocenters. The Bertz CT molecular complexity index is 825. The van der Waals surface area contributed by atoms with E-state index in [0.29, 0.717) is 24.6 Å². The number of alkyl halides is 2. The second kappa shape index (κ2) is 13.0. The van der Waals surface area contributed by atoms with Gasteiger partial charge >= 0.3 is 6.61 Å². The van der Waals surface area contributed by atoms with Crippen molar-refractivity contribution in [3.8, 4) is 17.2 Å². The van der Waals surface area contributed by atoms with Gasteiger partial charge in [-0.1, -0.05) is 18.2 Å². The van der Waals surface area contributed by atoms with Crippen molar-refractivity contribution in [2.45, 2.75) is 26.2 Å². The monoisotopic (exact) mass is 539 g/mol. The first-order valence-corrected chi connectivity index (χ1v) is 8.90. The van der Waals surface area contributed by atoms with Gasteiger partial charge in [-0.15, -0.1) is 24.0 Å². The van der Waals surface area contributed by atoms with Gasteiger partial charge in [-0.25, -0.2) is 4.39 Å². The van der Waals surface area contributed by atoms with Gasteiger partial charge in [0, 0.05) is 13.6 Å². The summed E-state index contributed by atoms with van der Waals surface area (Å²) in [4.78, 5) is 4.09. The predicted octanol–water partition coefficient (Wildman–Crippen LogP) is 4.19. The van der Waals surface area contributed by atoms with Crippen LogP contribution in [-0.4, -0.2) is 39.4 Å². The molecule has 10 heteroatoms. The lowest BCUT2D eigenvalue weighted by molar-refractivity contribution is -0.0512. The summed E-state index contributed by atoms with van der Waals surface area (Å²) < 4.78 is 53.8. The molecule has 0 saturated carbocycles. The molecule has 166 valence electrons. The Labute approximate surface area is 190 Å². The van der Waals surface area contributed by atoms with Crippen molar-refractivity contribution in [3.63, 3.8) is 0 Å². The minimum Gasteiger partial charge on any atom is -0.493 e. The Balaban J connectivity index is 0.00000450. The number of nitrogens with one attached hydrogen (secondary N) is 2. The van der Waals surface area contributed by atoms with Crippen molar-refractivity contribution < 1.29 is 27.4 Å². The zero-order valence-electron chi connectivity index (χ0n) is 16.8. The molecule has 2 N–H and O–H groups in total. The van der Waals surface area contributed by atoms with E-state index in [1.807, 2.05) is 0 Å². The average Bonchev–Trinajstić information content (AvgIpc) is 2.69. The number of guanidine groups is 1. The molecule has 0 amide bonds. The fourth-order valence-electron chi connectivity index (χ4n) is 2.46. The van der Waals surface area contributed by atoms with Crippen molar-refractivity contribution in [2.75, 3.05) is 20.7 Å². The summed E-state index contributed by atoms with van der Waals surface area (Å²) in [6.45, 7) is -0.468. The lowest BCUT2D eigenvalue weighted by Gasteiger charge is -2.18. The summed E-state index contributed by atoms with van der Waals surface area (Å²) in [6.07, 6.45) is -0.322. The summed E-state index contributed by atoms with van der Waals surface area (Å²) in [5, 5.41) is 6.12. The van der Waals surface area contributed by atoms with E-state index in [2.05, 4.69) is 20.4 Å². The van der Waals surface area contributed by atoms with E-state index < -0.39 is 12.4 Å². The van der Waals surface area contributed by atoms with Crippen LogP contribution in [0.5, 0.6) is 17.2 Å². The number of methoxy groups -OCH3 is 1. The molecule has 2 aromatic carbocycles. The molecule has 30 heavy (non-hydrogen) atoms. The summed E-state index contributed by atoms with van der Waals surface area (Å²) in [5.41, 5.74) is 0.694. The molecule has 2 rings (SSSR count). The van der Waals surface area contributed by atoms with Crippen molar-refractivity contribution in [3.05, 3.63) is 53.8 Å². The largest absolute Gasteiger partial charge is 0.493 e. The van der Waals surface area contributed by atoms with E-state index in [4.69, 9.17) is 9.47 Å². The number of rotatable bonds is 9. The van der Waals surface area contributed by atoms with Crippen molar-refractivity contribution in [1.82, 2.24) is 10.6 Å². The Morgan fingerprint density at radius 1 is 1.03 bits per heavy atom. The third kappa shape index (κ3) is 8.17. The van der Waals surface area contributed by atoms with Crippen LogP contribution in [0.1, 0.15) is 12.5 Å². The molecule has 0 saturated heterocycles. The number of nitrogens with zero attached hydrogens (tertiary/aromatic N) is 1. The van der Waals surface area contributed by atoms with Crippen molar-refractivity contribution in [2.24, 2.45) is 4.99 Å². The molecular formula is C20H25F3IN3O3. The molecular weight excluding hydrogens is 514 g/mol. The molecule has 1 unspecified atom stereocenters. The molecule has 0 fully saturated rings. The predicted molar refractivity (Wildman–Crippen MR) is 120 cm³/mol. The van der Waals surface area contributed by atoms with Gasteiger partial charge in [0.15, 0.2) is 29.0 Å². The van der Waals surface area contributed by atoms with E-state index in [1.54, 1.807) is 44.3 Å². The number of aliphatic imine (C=N–C) groups is 1.